The standard InChI is InChI=1S/C5H10OS/c7-4-5-2-1-3-6-5/h5,7H,1-4H2. The Morgan fingerprint density at radius 2 is 2.57 bits per heavy atom. The van der Waals surface area contributed by atoms with E-state index in [-0.39, 0.29) is 0 Å². The molecule has 0 amide bonds. The van der Waals surface area contributed by atoms with Crippen molar-refractivity contribution in [2.45, 2.75) is 18.9 Å². The van der Waals surface area contributed by atoms with Crippen molar-refractivity contribution in [3.05, 3.63) is 0 Å². The Morgan fingerprint density at radius 3 is 2.86 bits per heavy atom. The predicted octanol–water partition coefficient (Wildman–Crippen LogP) is 1.10. The molecule has 1 saturated heterocycles. The lowest BCUT2D eigenvalue weighted by Crippen LogP contribution is -2.04. The van der Waals surface area contributed by atoms with Crippen LogP contribution in [0.4, 0.5) is 0 Å². The summed E-state index contributed by atoms with van der Waals surface area (Å²) in [6, 6.07) is 0. The molecule has 1 aliphatic heterocycles. The van der Waals surface area contributed by atoms with Crippen molar-refractivity contribution in [1.29, 1.82) is 0 Å². The summed E-state index contributed by atoms with van der Waals surface area (Å²) in [5.41, 5.74) is 0. The monoisotopic (exact) mass is 118 g/mol. The first-order valence-corrected chi connectivity index (χ1v) is 3.29. The van der Waals surface area contributed by atoms with Gasteiger partial charge in [-0.25, -0.2) is 0 Å². The van der Waals surface area contributed by atoms with Crippen LogP contribution in [0.5, 0.6) is 0 Å². The molecule has 42 valence electrons. The summed E-state index contributed by atoms with van der Waals surface area (Å²) in [6.07, 6.45) is 2.90. The van der Waals surface area contributed by atoms with Crippen molar-refractivity contribution in [3.8, 4) is 0 Å². The van der Waals surface area contributed by atoms with E-state index in [2.05, 4.69) is 12.6 Å². The molecule has 0 bridgehead atoms. The molecule has 0 saturated carbocycles. The molecule has 0 aromatic heterocycles. The number of hydrogen-bond donors (Lipinski definition) is 1. The quantitative estimate of drug-likeness (QED) is 0.507. The van der Waals surface area contributed by atoms with Crippen LogP contribution >= 0.6 is 12.6 Å². The molecular weight excluding hydrogens is 108 g/mol. The van der Waals surface area contributed by atoms with Gasteiger partial charge in [0.1, 0.15) is 0 Å². The molecule has 0 N–H and O–H groups in total. The normalized spacial score (nSPS) is 31.3. The van der Waals surface area contributed by atoms with Crippen LogP contribution in [0.15, 0.2) is 0 Å². The van der Waals surface area contributed by atoms with E-state index in [0.29, 0.717) is 6.10 Å². The average Bonchev–Trinajstić information content (AvgIpc) is 2.14. The second kappa shape index (κ2) is 2.58. The van der Waals surface area contributed by atoms with Crippen molar-refractivity contribution in [2.75, 3.05) is 12.4 Å². The van der Waals surface area contributed by atoms with E-state index in [1.165, 1.54) is 12.8 Å². The average molecular weight is 118 g/mol. The van der Waals surface area contributed by atoms with E-state index in [1.807, 2.05) is 0 Å². The number of rotatable bonds is 1. The fraction of sp³-hybridized carbons (Fsp3) is 1.00. The third kappa shape index (κ3) is 1.35. The molecule has 1 heterocycles. The highest BCUT2D eigenvalue weighted by molar-refractivity contribution is 7.80. The van der Waals surface area contributed by atoms with Crippen LogP contribution in [0.3, 0.4) is 0 Å². The summed E-state index contributed by atoms with van der Waals surface area (Å²) in [7, 11) is 0. The van der Waals surface area contributed by atoms with Crippen molar-refractivity contribution in [1.82, 2.24) is 0 Å². The fourth-order valence-corrected chi connectivity index (χ4v) is 1.08. The van der Waals surface area contributed by atoms with Crippen molar-refractivity contribution < 1.29 is 4.74 Å². The van der Waals surface area contributed by atoms with E-state index in [0.717, 1.165) is 12.4 Å². The van der Waals surface area contributed by atoms with Gasteiger partial charge in [-0.15, -0.1) is 0 Å². The van der Waals surface area contributed by atoms with Crippen LogP contribution < -0.4 is 0 Å². The third-order valence-electron chi connectivity index (χ3n) is 1.23. The Hall–Kier alpha value is 0.310. The maximum atomic E-state index is 5.23. The largest absolute Gasteiger partial charge is 0.377 e. The summed E-state index contributed by atoms with van der Waals surface area (Å²) >= 11 is 4.09. The minimum Gasteiger partial charge on any atom is -0.377 e. The summed E-state index contributed by atoms with van der Waals surface area (Å²) in [4.78, 5) is 0. The molecule has 1 unspecified atom stereocenters. The van der Waals surface area contributed by atoms with Gasteiger partial charge in [0.25, 0.3) is 0 Å². The number of thiol groups is 1. The Labute approximate surface area is 49.5 Å². The predicted molar refractivity (Wildman–Crippen MR) is 32.8 cm³/mol. The van der Waals surface area contributed by atoms with Gasteiger partial charge < -0.3 is 4.74 Å². The first-order chi connectivity index (χ1) is 3.43. The minimum atomic E-state index is 0.461. The first-order valence-electron chi connectivity index (χ1n) is 2.66. The van der Waals surface area contributed by atoms with E-state index in [9.17, 15) is 0 Å². The Morgan fingerprint density at radius 1 is 1.71 bits per heavy atom. The molecule has 0 aromatic rings. The molecule has 1 fully saturated rings. The van der Waals surface area contributed by atoms with Crippen molar-refractivity contribution in [2.24, 2.45) is 0 Å². The highest BCUT2D eigenvalue weighted by Gasteiger charge is 2.11. The van der Waals surface area contributed by atoms with Crippen LogP contribution in [0.2, 0.25) is 0 Å². The lowest BCUT2D eigenvalue weighted by Gasteiger charge is -2.00. The Balaban J connectivity index is 2.14. The molecule has 0 spiro atoms. The SMILES string of the molecule is SCC1CCCO1. The highest BCUT2D eigenvalue weighted by Crippen LogP contribution is 2.11. The third-order valence-corrected chi connectivity index (χ3v) is 1.63. The van der Waals surface area contributed by atoms with Crippen LogP contribution in [0.1, 0.15) is 12.8 Å². The zero-order valence-electron chi connectivity index (χ0n) is 4.26. The Bertz CT molecular complexity index is 50.0. The summed E-state index contributed by atoms with van der Waals surface area (Å²) in [5.74, 6) is 0.889. The highest BCUT2D eigenvalue weighted by atomic mass is 32.1. The van der Waals surface area contributed by atoms with E-state index < -0.39 is 0 Å². The lowest BCUT2D eigenvalue weighted by atomic mass is 10.3. The van der Waals surface area contributed by atoms with Crippen molar-refractivity contribution >= 4 is 12.6 Å². The van der Waals surface area contributed by atoms with Gasteiger partial charge in [0.2, 0.25) is 0 Å². The first kappa shape index (κ1) is 5.45. The fourth-order valence-electron chi connectivity index (χ4n) is 0.788. The summed E-state index contributed by atoms with van der Waals surface area (Å²) < 4.78 is 5.23. The number of ether oxygens (including phenoxy) is 1. The van der Waals surface area contributed by atoms with Gasteiger partial charge >= 0.3 is 0 Å². The lowest BCUT2D eigenvalue weighted by molar-refractivity contribution is 0.129. The van der Waals surface area contributed by atoms with E-state index in [4.69, 9.17) is 4.74 Å². The maximum Gasteiger partial charge on any atom is 0.0663 e. The molecule has 1 aliphatic rings. The van der Waals surface area contributed by atoms with Crippen LogP contribution in [-0.4, -0.2) is 18.5 Å². The summed E-state index contributed by atoms with van der Waals surface area (Å²) in [6.45, 7) is 0.950. The molecule has 7 heavy (non-hydrogen) atoms. The van der Waals surface area contributed by atoms with Crippen molar-refractivity contribution in [3.63, 3.8) is 0 Å². The second-order valence-electron chi connectivity index (χ2n) is 1.82. The van der Waals surface area contributed by atoms with Gasteiger partial charge in [-0.1, -0.05) is 0 Å². The van der Waals surface area contributed by atoms with E-state index >= 15 is 0 Å². The van der Waals surface area contributed by atoms with E-state index in [1.54, 1.807) is 0 Å². The van der Waals surface area contributed by atoms with Gasteiger partial charge in [0, 0.05) is 12.4 Å². The molecule has 2 heteroatoms. The zero-order chi connectivity index (χ0) is 5.11. The van der Waals surface area contributed by atoms with Gasteiger partial charge in [-0.2, -0.15) is 12.6 Å². The van der Waals surface area contributed by atoms with Gasteiger partial charge in [0.05, 0.1) is 6.10 Å². The van der Waals surface area contributed by atoms with Crippen LogP contribution in [0, 0.1) is 0 Å². The second-order valence-corrected chi connectivity index (χ2v) is 2.18. The molecule has 0 radical (unpaired) electrons. The molecule has 1 nitrogen and oxygen atoms in total. The zero-order valence-corrected chi connectivity index (χ0v) is 5.16. The van der Waals surface area contributed by atoms with Crippen LogP contribution in [0.25, 0.3) is 0 Å². The molecule has 0 aliphatic carbocycles. The van der Waals surface area contributed by atoms with Crippen LogP contribution in [-0.2, 0) is 4.74 Å². The minimum absolute atomic E-state index is 0.461. The van der Waals surface area contributed by atoms with Gasteiger partial charge in [0.15, 0.2) is 0 Å². The topological polar surface area (TPSA) is 9.23 Å². The summed E-state index contributed by atoms with van der Waals surface area (Å²) in [5, 5.41) is 0. The molecule has 0 aromatic carbocycles. The molecule has 1 atom stereocenters. The molecular formula is C5H10OS. The molecule has 1 rings (SSSR count). The number of hydrogen-bond acceptors (Lipinski definition) is 2. The maximum absolute atomic E-state index is 5.23. The Kier molecular flexibility index (Phi) is 2.00. The van der Waals surface area contributed by atoms with Gasteiger partial charge in [-0.05, 0) is 12.8 Å². The van der Waals surface area contributed by atoms with Gasteiger partial charge in [-0.3, -0.25) is 0 Å². The smallest absolute Gasteiger partial charge is 0.0663 e.